The van der Waals surface area contributed by atoms with Gasteiger partial charge in [-0.1, -0.05) is 6.42 Å². The lowest BCUT2D eigenvalue weighted by atomic mass is 9.88. The molecule has 3 N–H and O–H groups in total. The van der Waals surface area contributed by atoms with Crippen molar-refractivity contribution in [3.05, 3.63) is 0 Å². The third-order valence-corrected chi connectivity index (χ3v) is 4.07. The van der Waals surface area contributed by atoms with E-state index in [-0.39, 0.29) is 11.8 Å². The highest BCUT2D eigenvalue weighted by Crippen LogP contribution is 2.48. The number of carboxylic acids is 2. The van der Waals surface area contributed by atoms with Crippen LogP contribution in [0, 0.1) is 17.8 Å². The molecule has 0 aromatic heterocycles. The minimum Gasteiger partial charge on any atom is -0.481 e. The second-order valence-electron chi connectivity index (χ2n) is 5.28. The predicted molar refractivity (Wildman–Crippen MR) is 60.8 cm³/mol. The summed E-state index contributed by atoms with van der Waals surface area (Å²) in [7, 11) is 0. The average molecular weight is 255 g/mol. The summed E-state index contributed by atoms with van der Waals surface area (Å²) >= 11 is 0. The fourth-order valence-corrected chi connectivity index (χ4v) is 3.22. The molecule has 0 aromatic rings. The molecule has 2 saturated carbocycles. The van der Waals surface area contributed by atoms with Crippen molar-refractivity contribution in [1.82, 2.24) is 5.32 Å². The summed E-state index contributed by atoms with van der Waals surface area (Å²) in [5.74, 6) is -2.00. The summed E-state index contributed by atoms with van der Waals surface area (Å²) in [4.78, 5) is 33.4. The second kappa shape index (κ2) is 4.96. The molecule has 6 nitrogen and oxygen atoms in total. The van der Waals surface area contributed by atoms with Crippen molar-refractivity contribution >= 4 is 17.8 Å². The van der Waals surface area contributed by atoms with Crippen LogP contribution in [0.15, 0.2) is 0 Å². The van der Waals surface area contributed by atoms with Crippen molar-refractivity contribution in [2.24, 2.45) is 17.8 Å². The Kier molecular flexibility index (Phi) is 3.54. The third-order valence-electron chi connectivity index (χ3n) is 4.07. The van der Waals surface area contributed by atoms with Gasteiger partial charge < -0.3 is 15.5 Å². The van der Waals surface area contributed by atoms with Crippen LogP contribution in [0.4, 0.5) is 0 Å². The number of carbonyl (C=O) groups is 3. The molecule has 18 heavy (non-hydrogen) atoms. The fraction of sp³-hybridized carbons (Fsp3) is 0.750. The lowest BCUT2D eigenvalue weighted by Crippen LogP contribution is -2.45. The van der Waals surface area contributed by atoms with Crippen molar-refractivity contribution in [3.8, 4) is 0 Å². The number of amides is 1. The van der Waals surface area contributed by atoms with Gasteiger partial charge in [-0.3, -0.25) is 9.59 Å². The number of nitrogens with one attached hydrogen (secondary N) is 1. The van der Waals surface area contributed by atoms with Gasteiger partial charge in [0.2, 0.25) is 5.91 Å². The zero-order valence-corrected chi connectivity index (χ0v) is 9.96. The van der Waals surface area contributed by atoms with E-state index in [1.165, 1.54) is 0 Å². The Morgan fingerprint density at radius 1 is 1.17 bits per heavy atom. The van der Waals surface area contributed by atoms with Gasteiger partial charge >= 0.3 is 11.9 Å². The molecule has 2 aliphatic rings. The Hall–Kier alpha value is -1.59. The third kappa shape index (κ3) is 2.63. The van der Waals surface area contributed by atoms with Crippen molar-refractivity contribution in [3.63, 3.8) is 0 Å². The zero-order valence-electron chi connectivity index (χ0n) is 9.96. The van der Waals surface area contributed by atoms with E-state index in [4.69, 9.17) is 10.2 Å². The zero-order chi connectivity index (χ0) is 13.3. The highest BCUT2D eigenvalue weighted by atomic mass is 16.4. The van der Waals surface area contributed by atoms with Gasteiger partial charge in [0, 0.05) is 5.92 Å². The van der Waals surface area contributed by atoms with E-state index in [2.05, 4.69) is 5.32 Å². The second-order valence-corrected chi connectivity index (χ2v) is 5.28. The van der Waals surface area contributed by atoms with E-state index in [1.807, 2.05) is 0 Å². The lowest BCUT2D eigenvalue weighted by molar-refractivity contribution is -0.147. The van der Waals surface area contributed by atoms with Crippen LogP contribution in [0.3, 0.4) is 0 Å². The maximum Gasteiger partial charge on any atom is 0.326 e. The van der Waals surface area contributed by atoms with Gasteiger partial charge in [0.25, 0.3) is 0 Å². The normalized spacial score (nSPS) is 31.0. The molecule has 1 amide bonds. The van der Waals surface area contributed by atoms with Crippen molar-refractivity contribution < 1.29 is 24.6 Å². The Balaban J connectivity index is 1.92. The molecule has 0 radical (unpaired) electrons. The molecule has 0 aromatic carbocycles. The monoisotopic (exact) mass is 255 g/mol. The van der Waals surface area contributed by atoms with Gasteiger partial charge in [-0.05, 0) is 31.1 Å². The SMILES string of the molecule is O=C(O)C[C@H](NC(=O)C1CC2CCC1C2)C(=O)O. The molecular weight excluding hydrogens is 238 g/mol. The first-order valence-electron chi connectivity index (χ1n) is 6.22. The van der Waals surface area contributed by atoms with Crippen LogP contribution in [-0.2, 0) is 14.4 Å². The maximum atomic E-state index is 12.0. The highest BCUT2D eigenvalue weighted by molar-refractivity contribution is 5.88. The maximum absolute atomic E-state index is 12.0. The topological polar surface area (TPSA) is 104 Å². The van der Waals surface area contributed by atoms with Gasteiger partial charge in [-0.2, -0.15) is 0 Å². The summed E-state index contributed by atoms with van der Waals surface area (Å²) in [6, 6.07) is -1.32. The molecular formula is C12H17NO5. The summed E-state index contributed by atoms with van der Waals surface area (Å²) < 4.78 is 0. The van der Waals surface area contributed by atoms with Crippen LogP contribution in [0.5, 0.6) is 0 Å². The van der Waals surface area contributed by atoms with Crippen molar-refractivity contribution in [1.29, 1.82) is 0 Å². The van der Waals surface area contributed by atoms with Crippen LogP contribution in [0.25, 0.3) is 0 Å². The number of fused-ring (bicyclic) bond motifs is 2. The van der Waals surface area contributed by atoms with E-state index in [0.29, 0.717) is 11.8 Å². The van der Waals surface area contributed by atoms with E-state index in [0.717, 1.165) is 25.7 Å². The van der Waals surface area contributed by atoms with Gasteiger partial charge in [-0.15, -0.1) is 0 Å². The number of carbonyl (C=O) groups excluding carboxylic acids is 1. The van der Waals surface area contributed by atoms with Crippen LogP contribution in [0.1, 0.15) is 32.1 Å². The van der Waals surface area contributed by atoms with Crippen molar-refractivity contribution in [2.75, 3.05) is 0 Å². The molecule has 0 spiro atoms. The first-order chi connectivity index (χ1) is 8.47. The molecule has 0 aliphatic heterocycles. The Morgan fingerprint density at radius 2 is 1.89 bits per heavy atom. The van der Waals surface area contributed by atoms with Gasteiger partial charge in [0.15, 0.2) is 0 Å². The molecule has 2 rings (SSSR count). The summed E-state index contributed by atoms with van der Waals surface area (Å²) in [5, 5.41) is 19.8. The minimum atomic E-state index is -1.32. The Morgan fingerprint density at radius 3 is 2.33 bits per heavy atom. The van der Waals surface area contributed by atoms with Crippen LogP contribution in [0.2, 0.25) is 0 Å². The summed E-state index contributed by atoms with van der Waals surface area (Å²) in [6.07, 6.45) is 3.47. The van der Waals surface area contributed by atoms with E-state index in [9.17, 15) is 14.4 Å². The van der Waals surface area contributed by atoms with Crippen molar-refractivity contribution in [2.45, 2.75) is 38.1 Å². The smallest absolute Gasteiger partial charge is 0.326 e. The quantitative estimate of drug-likeness (QED) is 0.662. The van der Waals surface area contributed by atoms with E-state index in [1.54, 1.807) is 0 Å². The molecule has 2 aliphatic carbocycles. The molecule has 4 atom stereocenters. The first kappa shape index (κ1) is 12.9. The minimum absolute atomic E-state index is 0.126. The average Bonchev–Trinajstić information content (AvgIpc) is 2.88. The molecule has 6 heteroatoms. The van der Waals surface area contributed by atoms with Crippen LogP contribution < -0.4 is 5.32 Å². The van der Waals surface area contributed by atoms with Gasteiger partial charge in [0.05, 0.1) is 6.42 Å². The molecule has 2 bridgehead atoms. The number of aliphatic carboxylic acids is 2. The molecule has 3 unspecified atom stereocenters. The molecule has 100 valence electrons. The number of hydrogen-bond acceptors (Lipinski definition) is 3. The standard InChI is InChI=1S/C12H17NO5/c14-10(15)5-9(12(17)18)13-11(16)8-4-6-1-2-7(8)3-6/h6-9H,1-5H2,(H,13,16)(H,14,15)(H,17,18)/t6?,7?,8?,9-/m0/s1. The molecule has 2 fully saturated rings. The Bertz CT molecular complexity index is 381. The van der Waals surface area contributed by atoms with Crippen LogP contribution >= 0.6 is 0 Å². The molecule has 0 heterocycles. The summed E-state index contributed by atoms with van der Waals surface area (Å²) in [5.41, 5.74) is 0. The number of hydrogen-bond donors (Lipinski definition) is 3. The Labute approximate surface area is 104 Å². The highest BCUT2D eigenvalue weighted by Gasteiger charge is 2.43. The van der Waals surface area contributed by atoms with Crippen LogP contribution in [-0.4, -0.2) is 34.1 Å². The fourth-order valence-electron chi connectivity index (χ4n) is 3.22. The predicted octanol–water partition coefficient (Wildman–Crippen LogP) is 0.467. The van der Waals surface area contributed by atoms with Gasteiger partial charge in [0.1, 0.15) is 6.04 Å². The first-order valence-corrected chi connectivity index (χ1v) is 6.22. The number of carboxylic acid groups (broad SMARTS) is 2. The largest absolute Gasteiger partial charge is 0.481 e. The lowest BCUT2D eigenvalue weighted by Gasteiger charge is -2.22. The van der Waals surface area contributed by atoms with E-state index >= 15 is 0 Å². The van der Waals surface area contributed by atoms with Gasteiger partial charge in [-0.25, -0.2) is 4.79 Å². The molecule has 0 saturated heterocycles. The number of rotatable bonds is 5. The summed E-state index contributed by atoms with van der Waals surface area (Å²) in [6.45, 7) is 0. The van der Waals surface area contributed by atoms with E-state index < -0.39 is 24.4 Å².